The summed E-state index contributed by atoms with van der Waals surface area (Å²) < 4.78 is 16.5. The van der Waals surface area contributed by atoms with Crippen LogP contribution in [0.5, 0.6) is 11.5 Å². The molecule has 7 nitrogen and oxygen atoms in total. The van der Waals surface area contributed by atoms with Gasteiger partial charge in [-0.2, -0.15) is 0 Å². The summed E-state index contributed by atoms with van der Waals surface area (Å²) in [6.45, 7) is 1.93. The molecule has 1 aromatic carbocycles. The lowest BCUT2D eigenvalue weighted by Crippen LogP contribution is -2.38. The Kier molecular flexibility index (Phi) is 5.65. The quantitative estimate of drug-likeness (QED) is 0.827. The van der Waals surface area contributed by atoms with E-state index in [4.69, 9.17) is 30.9 Å². The molecule has 136 valence electrons. The van der Waals surface area contributed by atoms with Crippen LogP contribution in [0.25, 0.3) is 0 Å². The third kappa shape index (κ3) is 4.35. The topological polar surface area (TPSA) is 85.3 Å². The van der Waals surface area contributed by atoms with Gasteiger partial charge in [0.25, 0.3) is 5.91 Å². The van der Waals surface area contributed by atoms with Gasteiger partial charge in [-0.25, -0.2) is 0 Å². The number of amides is 1. The molecule has 1 unspecified atom stereocenters. The highest BCUT2D eigenvalue weighted by Crippen LogP contribution is 2.38. The molecule has 2 aliphatic heterocycles. The minimum absolute atomic E-state index is 0.0644. The predicted molar refractivity (Wildman–Crippen MR) is 89.6 cm³/mol. The van der Waals surface area contributed by atoms with E-state index in [0.29, 0.717) is 48.5 Å². The molecule has 1 saturated heterocycles. The highest BCUT2D eigenvalue weighted by Gasteiger charge is 2.26. The van der Waals surface area contributed by atoms with Crippen molar-refractivity contribution < 1.29 is 28.9 Å². The zero-order valence-electron chi connectivity index (χ0n) is 13.7. The first-order valence-electron chi connectivity index (χ1n) is 8.26. The van der Waals surface area contributed by atoms with Crippen LogP contribution in [0.4, 0.5) is 0 Å². The number of carbonyl (C=O) groups excluding carboxylic acids is 1. The molecular weight excluding hydrogens is 350 g/mol. The number of carbonyl (C=O) groups is 2. The second kappa shape index (κ2) is 7.93. The summed E-state index contributed by atoms with van der Waals surface area (Å²) in [5.74, 6) is -0.390. The summed E-state index contributed by atoms with van der Waals surface area (Å²) in [4.78, 5) is 25.3. The van der Waals surface area contributed by atoms with Gasteiger partial charge in [-0.3, -0.25) is 9.59 Å². The van der Waals surface area contributed by atoms with E-state index in [1.54, 1.807) is 6.07 Å². The largest absolute Gasteiger partial charge is 0.486 e. The summed E-state index contributed by atoms with van der Waals surface area (Å²) in [6, 6.07) is 3.12. The van der Waals surface area contributed by atoms with Crippen molar-refractivity contribution in [3.8, 4) is 11.5 Å². The van der Waals surface area contributed by atoms with Crippen LogP contribution < -0.4 is 9.47 Å². The normalized spacial score (nSPS) is 18.8. The van der Waals surface area contributed by atoms with E-state index in [-0.39, 0.29) is 25.0 Å². The standard InChI is InChI=1S/C17H20ClNO6/c18-13-8-11(9-14-16(13)25-7-6-24-14)17(22)19(4-3-15(20)21)10-12-2-1-5-23-12/h8-9,12H,1-7,10H2,(H,20,21). The lowest BCUT2D eigenvalue weighted by atomic mass is 10.1. The van der Waals surface area contributed by atoms with Crippen LogP contribution in [0.3, 0.4) is 0 Å². The highest BCUT2D eigenvalue weighted by atomic mass is 35.5. The van der Waals surface area contributed by atoms with E-state index in [2.05, 4.69) is 0 Å². The molecule has 0 aliphatic carbocycles. The average Bonchev–Trinajstić information content (AvgIpc) is 3.11. The molecule has 1 amide bonds. The first-order valence-corrected chi connectivity index (χ1v) is 8.64. The third-order valence-electron chi connectivity index (χ3n) is 4.17. The molecule has 1 fully saturated rings. The van der Waals surface area contributed by atoms with Crippen LogP contribution in [0, 0.1) is 0 Å². The number of carboxylic acids is 1. The van der Waals surface area contributed by atoms with Crippen molar-refractivity contribution in [3.05, 3.63) is 22.7 Å². The fraction of sp³-hybridized carbons (Fsp3) is 0.529. The monoisotopic (exact) mass is 369 g/mol. The van der Waals surface area contributed by atoms with Gasteiger partial charge in [-0.1, -0.05) is 11.6 Å². The number of fused-ring (bicyclic) bond motifs is 1. The Morgan fingerprint density at radius 1 is 1.24 bits per heavy atom. The molecule has 3 rings (SSSR count). The zero-order valence-corrected chi connectivity index (χ0v) is 14.5. The number of benzene rings is 1. The Morgan fingerprint density at radius 3 is 2.76 bits per heavy atom. The summed E-state index contributed by atoms with van der Waals surface area (Å²) in [5.41, 5.74) is 0.345. The predicted octanol–water partition coefficient (Wildman–Crippen LogP) is 2.21. The van der Waals surface area contributed by atoms with Gasteiger partial charge < -0.3 is 24.2 Å². The molecule has 8 heteroatoms. The number of ether oxygens (including phenoxy) is 3. The minimum Gasteiger partial charge on any atom is -0.486 e. The number of hydrogen-bond acceptors (Lipinski definition) is 5. The average molecular weight is 370 g/mol. The highest BCUT2D eigenvalue weighted by molar-refractivity contribution is 6.32. The summed E-state index contributed by atoms with van der Waals surface area (Å²) >= 11 is 6.20. The molecular formula is C17H20ClNO6. The Bertz CT molecular complexity index is 659. The maximum absolute atomic E-state index is 12.9. The summed E-state index contributed by atoms with van der Waals surface area (Å²) in [5, 5.41) is 9.25. The van der Waals surface area contributed by atoms with Crippen molar-refractivity contribution in [1.82, 2.24) is 4.90 Å². The van der Waals surface area contributed by atoms with Crippen LogP contribution in [0.15, 0.2) is 12.1 Å². The molecule has 1 aromatic rings. The second-order valence-electron chi connectivity index (χ2n) is 6.01. The molecule has 2 heterocycles. The van der Waals surface area contributed by atoms with Gasteiger partial charge in [0.2, 0.25) is 0 Å². The van der Waals surface area contributed by atoms with Crippen molar-refractivity contribution in [3.63, 3.8) is 0 Å². The number of aliphatic carboxylic acids is 1. The van der Waals surface area contributed by atoms with Gasteiger partial charge in [0.15, 0.2) is 11.5 Å². The summed E-state index contributed by atoms with van der Waals surface area (Å²) in [7, 11) is 0. The van der Waals surface area contributed by atoms with Crippen LogP contribution in [-0.2, 0) is 9.53 Å². The van der Waals surface area contributed by atoms with E-state index in [0.717, 1.165) is 12.8 Å². The molecule has 0 bridgehead atoms. The van der Waals surface area contributed by atoms with Gasteiger partial charge in [-0.15, -0.1) is 0 Å². The molecule has 0 radical (unpaired) electrons. The Labute approximate surface area is 150 Å². The molecule has 0 saturated carbocycles. The lowest BCUT2D eigenvalue weighted by Gasteiger charge is -2.26. The SMILES string of the molecule is O=C(O)CCN(CC1CCCO1)C(=O)c1cc(Cl)c2c(c1)OCCO2. The van der Waals surface area contributed by atoms with Crippen molar-refractivity contribution in [1.29, 1.82) is 0 Å². The lowest BCUT2D eigenvalue weighted by molar-refractivity contribution is -0.137. The second-order valence-corrected chi connectivity index (χ2v) is 6.42. The number of carboxylic acid groups (broad SMARTS) is 1. The molecule has 1 atom stereocenters. The van der Waals surface area contributed by atoms with Crippen molar-refractivity contribution in [2.75, 3.05) is 32.9 Å². The van der Waals surface area contributed by atoms with Crippen LogP contribution in [-0.4, -0.2) is 60.9 Å². The fourth-order valence-corrected chi connectivity index (χ4v) is 3.22. The van der Waals surface area contributed by atoms with E-state index < -0.39 is 5.97 Å². The van der Waals surface area contributed by atoms with Crippen LogP contribution in [0.1, 0.15) is 29.6 Å². The van der Waals surface area contributed by atoms with Crippen LogP contribution in [0.2, 0.25) is 5.02 Å². The Hall–Kier alpha value is -1.99. The van der Waals surface area contributed by atoms with Crippen molar-refractivity contribution >= 4 is 23.5 Å². The van der Waals surface area contributed by atoms with Gasteiger partial charge >= 0.3 is 5.97 Å². The molecule has 25 heavy (non-hydrogen) atoms. The first kappa shape index (κ1) is 17.8. The Morgan fingerprint density at radius 2 is 2.04 bits per heavy atom. The van der Waals surface area contributed by atoms with Gasteiger partial charge in [0.05, 0.1) is 17.5 Å². The van der Waals surface area contributed by atoms with Gasteiger partial charge in [0, 0.05) is 25.3 Å². The summed E-state index contributed by atoms with van der Waals surface area (Å²) in [6.07, 6.45) is 1.61. The molecule has 0 spiro atoms. The fourth-order valence-electron chi connectivity index (χ4n) is 2.96. The van der Waals surface area contributed by atoms with E-state index in [9.17, 15) is 9.59 Å². The van der Waals surface area contributed by atoms with Crippen molar-refractivity contribution in [2.45, 2.75) is 25.4 Å². The molecule has 0 aromatic heterocycles. The number of halogens is 1. The molecule has 2 aliphatic rings. The number of nitrogens with zero attached hydrogens (tertiary/aromatic N) is 1. The first-order chi connectivity index (χ1) is 12.0. The number of hydrogen-bond donors (Lipinski definition) is 1. The van der Waals surface area contributed by atoms with Gasteiger partial charge in [0.1, 0.15) is 13.2 Å². The smallest absolute Gasteiger partial charge is 0.305 e. The maximum atomic E-state index is 12.9. The minimum atomic E-state index is -0.953. The van der Waals surface area contributed by atoms with E-state index >= 15 is 0 Å². The zero-order chi connectivity index (χ0) is 17.8. The van der Waals surface area contributed by atoms with Gasteiger partial charge in [-0.05, 0) is 25.0 Å². The van der Waals surface area contributed by atoms with E-state index in [1.807, 2.05) is 0 Å². The Balaban J connectivity index is 1.80. The third-order valence-corrected chi connectivity index (χ3v) is 4.46. The van der Waals surface area contributed by atoms with Crippen LogP contribution >= 0.6 is 11.6 Å². The number of rotatable bonds is 6. The van der Waals surface area contributed by atoms with E-state index in [1.165, 1.54) is 11.0 Å². The molecule has 1 N–H and O–H groups in total. The maximum Gasteiger partial charge on any atom is 0.305 e. The van der Waals surface area contributed by atoms with Crippen molar-refractivity contribution in [2.24, 2.45) is 0 Å².